The topological polar surface area (TPSA) is 37.4 Å². The summed E-state index contributed by atoms with van der Waals surface area (Å²) in [4.78, 5) is 23.9. The number of amides is 2. The quantitative estimate of drug-likeness (QED) is 0.548. The van der Waals surface area contributed by atoms with Gasteiger partial charge in [0.25, 0.3) is 5.91 Å². The summed E-state index contributed by atoms with van der Waals surface area (Å²) in [5.74, 6) is -0.305. The number of imide groups is 1. The molecule has 0 radical (unpaired) electrons. The smallest absolute Gasteiger partial charge is 0.255 e. The molecule has 1 saturated heterocycles. The SMILES string of the molecule is C=C(C)C(=O)N1C(=O)CCC1C. The zero-order valence-electron chi connectivity index (χ0n) is 7.46. The van der Waals surface area contributed by atoms with E-state index in [1.54, 1.807) is 6.92 Å². The molecular formula is C9H13NO2. The van der Waals surface area contributed by atoms with E-state index in [0.717, 1.165) is 6.42 Å². The van der Waals surface area contributed by atoms with Crippen LogP contribution in [-0.4, -0.2) is 22.8 Å². The van der Waals surface area contributed by atoms with Crippen LogP contribution >= 0.6 is 0 Å². The lowest BCUT2D eigenvalue weighted by Gasteiger charge is -2.18. The van der Waals surface area contributed by atoms with Gasteiger partial charge < -0.3 is 0 Å². The molecule has 1 rings (SSSR count). The van der Waals surface area contributed by atoms with Gasteiger partial charge in [-0.2, -0.15) is 0 Å². The Morgan fingerprint density at radius 3 is 2.58 bits per heavy atom. The Kier molecular flexibility index (Phi) is 2.31. The first-order valence-corrected chi connectivity index (χ1v) is 4.06. The van der Waals surface area contributed by atoms with Gasteiger partial charge in [-0.05, 0) is 20.3 Å². The molecule has 66 valence electrons. The van der Waals surface area contributed by atoms with Crippen LogP contribution in [0, 0.1) is 0 Å². The Labute approximate surface area is 72.0 Å². The van der Waals surface area contributed by atoms with Gasteiger partial charge >= 0.3 is 0 Å². The molecule has 0 aliphatic carbocycles. The number of likely N-dealkylation sites (tertiary alicyclic amines) is 1. The van der Waals surface area contributed by atoms with Crippen molar-refractivity contribution in [2.24, 2.45) is 0 Å². The summed E-state index contributed by atoms with van der Waals surface area (Å²) >= 11 is 0. The third kappa shape index (κ3) is 1.40. The average Bonchev–Trinajstić information content (AvgIpc) is 2.30. The van der Waals surface area contributed by atoms with Crippen molar-refractivity contribution in [2.45, 2.75) is 32.7 Å². The largest absolute Gasteiger partial charge is 0.276 e. The zero-order valence-corrected chi connectivity index (χ0v) is 7.46. The number of carbonyl (C=O) groups is 2. The van der Waals surface area contributed by atoms with Crippen molar-refractivity contribution < 1.29 is 9.59 Å². The molecule has 3 heteroatoms. The average molecular weight is 167 g/mol. The molecule has 0 aromatic carbocycles. The fourth-order valence-corrected chi connectivity index (χ4v) is 1.35. The fourth-order valence-electron chi connectivity index (χ4n) is 1.35. The highest BCUT2D eigenvalue weighted by Gasteiger charge is 2.32. The molecule has 1 fully saturated rings. The predicted octanol–water partition coefficient (Wildman–Crippen LogP) is 1.10. The van der Waals surface area contributed by atoms with Crippen molar-refractivity contribution in [3.05, 3.63) is 12.2 Å². The lowest BCUT2D eigenvalue weighted by atomic mass is 10.2. The number of hydrogen-bond donors (Lipinski definition) is 0. The van der Waals surface area contributed by atoms with Crippen LogP contribution in [0.15, 0.2) is 12.2 Å². The Balaban J connectivity index is 2.79. The Hall–Kier alpha value is -1.12. The first-order valence-electron chi connectivity index (χ1n) is 4.06. The van der Waals surface area contributed by atoms with Crippen molar-refractivity contribution in [1.82, 2.24) is 4.90 Å². The third-order valence-electron chi connectivity index (χ3n) is 2.07. The van der Waals surface area contributed by atoms with Crippen molar-refractivity contribution in [3.8, 4) is 0 Å². The standard InChI is InChI=1S/C9H13NO2/c1-6(2)9(12)10-7(3)4-5-8(10)11/h7H,1,4-5H2,2-3H3. The summed E-state index contributed by atoms with van der Waals surface area (Å²) in [7, 11) is 0. The van der Waals surface area contributed by atoms with E-state index in [4.69, 9.17) is 0 Å². The van der Waals surface area contributed by atoms with Gasteiger partial charge in [0.1, 0.15) is 0 Å². The van der Waals surface area contributed by atoms with Crippen LogP contribution in [0.3, 0.4) is 0 Å². The lowest BCUT2D eigenvalue weighted by Crippen LogP contribution is -2.37. The van der Waals surface area contributed by atoms with Gasteiger partial charge in [0.15, 0.2) is 0 Å². The summed E-state index contributed by atoms with van der Waals surface area (Å²) < 4.78 is 0. The van der Waals surface area contributed by atoms with Crippen LogP contribution in [0.25, 0.3) is 0 Å². The molecule has 1 atom stereocenters. The minimum Gasteiger partial charge on any atom is -0.276 e. The summed E-state index contributed by atoms with van der Waals surface area (Å²) in [5.41, 5.74) is 0.428. The van der Waals surface area contributed by atoms with Crippen molar-refractivity contribution >= 4 is 11.8 Å². The maximum atomic E-state index is 11.4. The highest BCUT2D eigenvalue weighted by atomic mass is 16.2. The summed E-state index contributed by atoms with van der Waals surface area (Å²) in [5, 5.41) is 0. The highest BCUT2D eigenvalue weighted by molar-refractivity contribution is 6.04. The summed E-state index contributed by atoms with van der Waals surface area (Å²) in [6.45, 7) is 7.03. The Morgan fingerprint density at radius 2 is 2.25 bits per heavy atom. The van der Waals surface area contributed by atoms with Crippen molar-refractivity contribution in [3.63, 3.8) is 0 Å². The van der Waals surface area contributed by atoms with Gasteiger partial charge in [-0.1, -0.05) is 6.58 Å². The highest BCUT2D eigenvalue weighted by Crippen LogP contribution is 2.19. The lowest BCUT2D eigenvalue weighted by molar-refractivity contribution is -0.140. The molecule has 0 aromatic rings. The molecule has 0 spiro atoms. The normalized spacial score (nSPS) is 23.0. The summed E-state index contributed by atoms with van der Waals surface area (Å²) in [6, 6.07) is 0.0432. The van der Waals surface area contributed by atoms with Gasteiger partial charge in [-0.3, -0.25) is 14.5 Å². The number of nitrogens with zero attached hydrogens (tertiary/aromatic N) is 1. The molecule has 1 aliphatic heterocycles. The number of rotatable bonds is 1. The molecule has 12 heavy (non-hydrogen) atoms. The van der Waals surface area contributed by atoms with Gasteiger partial charge in [-0.15, -0.1) is 0 Å². The zero-order chi connectivity index (χ0) is 9.30. The van der Waals surface area contributed by atoms with E-state index < -0.39 is 0 Å². The first kappa shape index (κ1) is 8.97. The maximum Gasteiger partial charge on any atom is 0.255 e. The van der Waals surface area contributed by atoms with E-state index in [-0.39, 0.29) is 17.9 Å². The van der Waals surface area contributed by atoms with Crippen LogP contribution in [-0.2, 0) is 9.59 Å². The van der Waals surface area contributed by atoms with Crippen LogP contribution in [0.5, 0.6) is 0 Å². The summed E-state index contributed by atoms with van der Waals surface area (Å²) in [6.07, 6.45) is 1.26. The predicted molar refractivity (Wildman–Crippen MR) is 45.4 cm³/mol. The number of hydrogen-bond acceptors (Lipinski definition) is 2. The molecule has 0 bridgehead atoms. The van der Waals surface area contributed by atoms with E-state index in [2.05, 4.69) is 6.58 Å². The second kappa shape index (κ2) is 3.09. The second-order valence-corrected chi connectivity index (χ2v) is 3.24. The van der Waals surface area contributed by atoms with Crippen molar-refractivity contribution in [1.29, 1.82) is 0 Å². The molecule has 0 aromatic heterocycles. The Morgan fingerprint density at radius 1 is 1.67 bits per heavy atom. The van der Waals surface area contributed by atoms with Crippen LogP contribution < -0.4 is 0 Å². The molecule has 1 unspecified atom stereocenters. The van der Waals surface area contributed by atoms with Crippen molar-refractivity contribution in [2.75, 3.05) is 0 Å². The van der Waals surface area contributed by atoms with Gasteiger partial charge in [0.05, 0.1) is 0 Å². The molecule has 3 nitrogen and oxygen atoms in total. The van der Waals surface area contributed by atoms with Crippen LogP contribution in [0.1, 0.15) is 26.7 Å². The van der Waals surface area contributed by atoms with E-state index >= 15 is 0 Å². The van der Waals surface area contributed by atoms with Gasteiger partial charge in [0.2, 0.25) is 5.91 Å². The fraction of sp³-hybridized carbons (Fsp3) is 0.556. The third-order valence-corrected chi connectivity index (χ3v) is 2.07. The molecule has 2 amide bonds. The number of carbonyl (C=O) groups excluding carboxylic acids is 2. The second-order valence-electron chi connectivity index (χ2n) is 3.24. The van der Waals surface area contributed by atoms with Gasteiger partial charge in [-0.25, -0.2) is 0 Å². The van der Waals surface area contributed by atoms with Gasteiger partial charge in [0, 0.05) is 18.0 Å². The van der Waals surface area contributed by atoms with E-state index in [1.165, 1.54) is 4.90 Å². The molecule has 0 N–H and O–H groups in total. The monoisotopic (exact) mass is 167 g/mol. The van der Waals surface area contributed by atoms with E-state index in [0.29, 0.717) is 12.0 Å². The van der Waals surface area contributed by atoms with E-state index in [9.17, 15) is 9.59 Å². The molecular weight excluding hydrogens is 154 g/mol. The van der Waals surface area contributed by atoms with Crippen LogP contribution in [0.2, 0.25) is 0 Å². The molecule has 1 heterocycles. The van der Waals surface area contributed by atoms with Crippen LogP contribution in [0.4, 0.5) is 0 Å². The van der Waals surface area contributed by atoms with E-state index in [1.807, 2.05) is 6.92 Å². The molecule has 0 saturated carbocycles. The minimum atomic E-state index is -0.231. The first-order chi connectivity index (χ1) is 5.54. The maximum absolute atomic E-state index is 11.4. The Bertz CT molecular complexity index is 245. The minimum absolute atomic E-state index is 0.0432. The molecule has 1 aliphatic rings.